The van der Waals surface area contributed by atoms with Gasteiger partial charge in [0, 0.05) is 71.6 Å². The summed E-state index contributed by atoms with van der Waals surface area (Å²) in [5.41, 5.74) is 2.56. The Bertz CT molecular complexity index is 1060. The van der Waals surface area contributed by atoms with Gasteiger partial charge in [0.2, 0.25) is 5.95 Å². The number of fused-ring (bicyclic) bond motifs is 1. The maximum Gasteiger partial charge on any atom is 0.252 e. The van der Waals surface area contributed by atoms with E-state index in [9.17, 15) is 4.79 Å². The van der Waals surface area contributed by atoms with Gasteiger partial charge in [-0.25, -0.2) is 9.97 Å². The number of amides is 1. The number of carbonyl (C=O) groups excluding carboxylic acids is 1. The Balaban J connectivity index is 1.30. The van der Waals surface area contributed by atoms with Crippen LogP contribution in [-0.4, -0.2) is 66.1 Å². The second kappa shape index (κ2) is 9.30. The van der Waals surface area contributed by atoms with E-state index >= 15 is 0 Å². The average molecular weight is 437 g/mol. The predicted molar refractivity (Wildman–Crippen MR) is 126 cm³/mol. The first-order valence-electron chi connectivity index (χ1n) is 11.1. The molecular formula is C23H28N6OS. The van der Waals surface area contributed by atoms with Crippen LogP contribution in [-0.2, 0) is 0 Å². The fraction of sp³-hybridized carbons (Fsp3) is 0.435. The van der Waals surface area contributed by atoms with Gasteiger partial charge < -0.3 is 20.9 Å². The van der Waals surface area contributed by atoms with Crippen molar-refractivity contribution >= 4 is 33.3 Å². The molecule has 0 atom stereocenters. The lowest BCUT2D eigenvalue weighted by molar-refractivity contribution is 0.0953. The lowest BCUT2D eigenvalue weighted by Gasteiger charge is -2.27. The molecule has 31 heavy (non-hydrogen) atoms. The molecule has 0 spiro atoms. The highest BCUT2D eigenvalue weighted by atomic mass is 32.1. The molecule has 1 aliphatic heterocycles. The van der Waals surface area contributed by atoms with Crippen molar-refractivity contribution in [3.8, 4) is 11.3 Å². The molecule has 1 amide bonds. The summed E-state index contributed by atoms with van der Waals surface area (Å²) in [5, 5.41) is 12.9. The van der Waals surface area contributed by atoms with Crippen molar-refractivity contribution in [2.75, 3.05) is 44.6 Å². The molecule has 0 radical (unpaired) electrons. The van der Waals surface area contributed by atoms with Gasteiger partial charge in [0.1, 0.15) is 0 Å². The van der Waals surface area contributed by atoms with Gasteiger partial charge in [-0.2, -0.15) is 0 Å². The molecule has 0 bridgehead atoms. The summed E-state index contributed by atoms with van der Waals surface area (Å²) in [4.78, 5) is 24.4. The number of nitrogens with zero attached hydrogens (tertiary/aromatic N) is 3. The summed E-state index contributed by atoms with van der Waals surface area (Å²) in [6.45, 7) is 6.32. The quantitative estimate of drug-likeness (QED) is 0.471. The lowest BCUT2D eigenvalue weighted by Crippen LogP contribution is -2.44. The van der Waals surface area contributed by atoms with Crippen molar-refractivity contribution in [3.63, 3.8) is 0 Å². The van der Waals surface area contributed by atoms with E-state index in [1.807, 2.05) is 18.2 Å². The van der Waals surface area contributed by atoms with Crippen LogP contribution in [0.15, 0.2) is 35.8 Å². The number of benzene rings is 1. The Morgan fingerprint density at radius 1 is 1.23 bits per heavy atom. The van der Waals surface area contributed by atoms with Crippen LogP contribution >= 0.6 is 11.3 Å². The number of piperazine rings is 1. The Morgan fingerprint density at radius 3 is 2.94 bits per heavy atom. The molecule has 2 aliphatic rings. The van der Waals surface area contributed by atoms with E-state index < -0.39 is 0 Å². The molecule has 7 nitrogen and oxygen atoms in total. The van der Waals surface area contributed by atoms with Crippen LogP contribution in [0.3, 0.4) is 0 Å². The van der Waals surface area contributed by atoms with Crippen LogP contribution in [0, 0.1) is 0 Å². The van der Waals surface area contributed by atoms with Crippen molar-refractivity contribution in [1.29, 1.82) is 0 Å². The molecule has 8 heteroatoms. The first-order valence-corrected chi connectivity index (χ1v) is 12.0. The minimum Gasteiger partial charge on any atom is -0.354 e. The highest BCUT2D eigenvalue weighted by Crippen LogP contribution is 2.36. The molecular weight excluding hydrogens is 408 g/mol. The zero-order chi connectivity index (χ0) is 21.0. The molecule has 3 N–H and O–H groups in total. The summed E-state index contributed by atoms with van der Waals surface area (Å²) in [6, 6.07) is 8.18. The molecule has 3 heterocycles. The Kier molecular flexibility index (Phi) is 6.11. The number of carbonyl (C=O) groups is 1. The van der Waals surface area contributed by atoms with Gasteiger partial charge in [-0.15, -0.1) is 11.3 Å². The molecule has 2 aromatic heterocycles. The van der Waals surface area contributed by atoms with Gasteiger partial charge >= 0.3 is 0 Å². The molecule has 0 unspecified atom stereocenters. The van der Waals surface area contributed by atoms with Crippen molar-refractivity contribution in [3.05, 3.63) is 41.4 Å². The van der Waals surface area contributed by atoms with Crippen LogP contribution < -0.4 is 16.0 Å². The molecule has 3 aromatic rings. The number of hydrogen-bond donors (Lipinski definition) is 3. The van der Waals surface area contributed by atoms with Gasteiger partial charge in [0.15, 0.2) is 0 Å². The van der Waals surface area contributed by atoms with Gasteiger partial charge in [-0.05, 0) is 44.0 Å². The highest BCUT2D eigenvalue weighted by Gasteiger charge is 2.25. The summed E-state index contributed by atoms with van der Waals surface area (Å²) in [6.07, 6.45) is 5.00. The van der Waals surface area contributed by atoms with E-state index in [0.29, 0.717) is 12.0 Å². The number of hydrogen-bond acceptors (Lipinski definition) is 7. The maximum atomic E-state index is 12.8. The van der Waals surface area contributed by atoms with Gasteiger partial charge in [0.25, 0.3) is 5.91 Å². The highest BCUT2D eigenvalue weighted by molar-refractivity contribution is 7.17. The third-order valence-corrected chi connectivity index (χ3v) is 6.78. The Labute approximate surface area is 186 Å². The molecule has 1 saturated heterocycles. The van der Waals surface area contributed by atoms with E-state index in [1.165, 1.54) is 0 Å². The second-order valence-electron chi connectivity index (χ2n) is 8.21. The molecule has 1 saturated carbocycles. The normalized spacial score (nSPS) is 17.0. The van der Waals surface area contributed by atoms with Crippen LogP contribution in [0.25, 0.3) is 21.3 Å². The molecule has 2 fully saturated rings. The number of aromatic nitrogens is 2. The number of thiophene rings is 1. The summed E-state index contributed by atoms with van der Waals surface area (Å²) < 4.78 is 1.10. The van der Waals surface area contributed by atoms with Crippen molar-refractivity contribution in [2.24, 2.45) is 0 Å². The van der Waals surface area contributed by atoms with Crippen LogP contribution in [0.1, 0.15) is 29.6 Å². The fourth-order valence-corrected chi connectivity index (χ4v) is 4.97. The first-order chi connectivity index (χ1) is 15.3. The van der Waals surface area contributed by atoms with E-state index in [-0.39, 0.29) is 5.91 Å². The molecule has 1 aliphatic carbocycles. The topological polar surface area (TPSA) is 82.2 Å². The smallest absolute Gasteiger partial charge is 0.252 e. The summed E-state index contributed by atoms with van der Waals surface area (Å²) >= 11 is 1.65. The molecule has 162 valence electrons. The predicted octanol–water partition coefficient (Wildman–Crippen LogP) is 2.96. The van der Waals surface area contributed by atoms with Crippen molar-refractivity contribution < 1.29 is 4.79 Å². The van der Waals surface area contributed by atoms with Gasteiger partial charge in [0.05, 0.1) is 5.69 Å². The van der Waals surface area contributed by atoms with Crippen molar-refractivity contribution in [2.45, 2.75) is 25.3 Å². The standard InChI is InChI=1S/C23H28N6OS/c30-22(27-16-5-6-16)17-3-1-4-20-21(17)18(15-31-20)19-7-9-26-23(28-19)25-8-2-12-29-13-10-24-11-14-29/h1,3-4,7,9,15-16,24H,2,5-6,8,10-14H2,(H,27,30)(H,25,26,28). The van der Waals surface area contributed by atoms with Gasteiger partial charge in [-0.3, -0.25) is 4.79 Å². The third-order valence-electron chi connectivity index (χ3n) is 5.83. The number of rotatable bonds is 8. The third kappa shape index (κ3) is 4.87. The average Bonchev–Trinajstić information content (AvgIpc) is 3.51. The molecule has 5 rings (SSSR count). The largest absolute Gasteiger partial charge is 0.354 e. The molecule has 1 aromatic carbocycles. The zero-order valence-corrected chi connectivity index (χ0v) is 18.4. The van der Waals surface area contributed by atoms with Crippen LogP contribution in [0.5, 0.6) is 0 Å². The van der Waals surface area contributed by atoms with Crippen LogP contribution in [0.4, 0.5) is 5.95 Å². The maximum absolute atomic E-state index is 12.8. The van der Waals surface area contributed by atoms with Crippen LogP contribution in [0.2, 0.25) is 0 Å². The fourth-order valence-electron chi connectivity index (χ4n) is 3.99. The van der Waals surface area contributed by atoms with E-state index in [4.69, 9.17) is 4.98 Å². The second-order valence-corrected chi connectivity index (χ2v) is 9.12. The summed E-state index contributed by atoms with van der Waals surface area (Å²) in [7, 11) is 0. The Morgan fingerprint density at radius 2 is 2.10 bits per heavy atom. The van der Waals surface area contributed by atoms with Gasteiger partial charge in [-0.1, -0.05) is 6.07 Å². The first kappa shape index (κ1) is 20.4. The van der Waals surface area contributed by atoms with Crippen molar-refractivity contribution in [1.82, 2.24) is 25.5 Å². The number of anilines is 1. The minimum atomic E-state index is 0.00747. The van der Waals surface area contributed by atoms with E-state index in [2.05, 4.69) is 37.3 Å². The zero-order valence-electron chi connectivity index (χ0n) is 17.6. The number of nitrogens with one attached hydrogen (secondary N) is 3. The lowest BCUT2D eigenvalue weighted by atomic mass is 10.0. The Hall–Kier alpha value is -2.55. The summed E-state index contributed by atoms with van der Waals surface area (Å²) in [5.74, 6) is 0.644. The minimum absolute atomic E-state index is 0.00747. The van der Waals surface area contributed by atoms with E-state index in [1.54, 1.807) is 17.5 Å². The van der Waals surface area contributed by atoms with E-state index in [0.717, 1.165) is 85.4 Å². The SMILES string of the molecule is O=C(NC1CC1)c1cccc2scc(-c3ccnc(NCCCN4CCNCC4)n3)c12. The monoisotopic (exact) mass is 436 g/mol.